The summed E-state index contributed by atoms with van der Waals surface area (Å²) in [7, 11) is 3.24. The monoisotopic (exact) mass is 781 g/mol. The Kier molecular flexibility index (Phi) is 11.8. The van der Waals surface area contributed by atoms with Crippen LogP contribution < -0.4 is 19.5 Å². The number of urea groups is 1. The third kappa shape index (κ3) is 8.33. The lowest BCUT2D eigenvalue weighted by Gasteiger charge is -2.32. The number of amides is 3. The van der Waals surface area contributed by atoms with E-state index in [9.17, 15) is 14.4 Å². The molecule has 1 saturated carbocycles. The highest BCUT2D eigenvalue weighted by molar-refractivity contribution is 7.13. The van der Waals surface area contributed by atoms with Gasteiger partial charge >= 0.3 is 12.0 Å². The Morgan fingerprint density at radius 1 is 1.02 bits per heavy atom. The van der Waals surface area contributed by atoms with Crippen molar-refractivity contribution < 1.29 is 33.3 Å². The maximum Gasteiger partial charge on any atom is 0.332 e. The van der Waals surface area contributed by atoms with Gasteiger partial charge in [-0.2, -0.15) is 0 Å². The van der Waals surface area contributed by atoms with Crippen molar-refractivity contribution in [3.05, 3.63) is 77.3 Å². The zero-order valence-corrected chi connectivity index (χ0v) is 33.6. The minimum absolute atomic E-state index is 0.163. The molecule has 12 nitrogen and oxygen atoms in total. The molecule has 0 spiro atoms. The topological polar surface area (TPSA) is 132 Å². The van der Waals surface area contributed by atoms with Gasteiger partial charge in [-0.05, 0) is 68.4 Å². The molecule has 7 rings (SSSR count). The second kappa shape index (κ2) is 16.9. The number of nitrogens with zero attached hydrogens (tertiary/aromatic N) is 4. The van der Waals surface area contributed by atoms with Gasteiger partial charge < -0.3 is 34.1 Å². The molecular formula is C43H51N5O7S. The Balaban J connectivity index is 1.24. The number of esters is 1. The maximum atomic E-state index is 14.8. The molecule has 2 aromatic heterocycles. The molecule has 3 aliphatic rings. The Hall–Kier alpha value is -5.17. The van der Waals surface area contributed by atoms with Crippen LogP contribution in [0.15, 0.2) is 66.1 Å². The van der Waals surface area contributed by atoms with E-state index in [0.717, 1.165) is 53.1 Å². The number of rotatable bonds is 10. The molecule has 13 heteroatoms. The predicted octanol–water partition coefficient (Wildman–Crippen LogP) is 7.51. The molecule has 296 valence electrons. The van der Waals surface area contributed by atoms with E-state index >= 15 is 0 Å². The van der Waals surface area contributed by atoms with E-state index in [1.165, 1.54) is 11.3 Å². The van der Waals surface area contributed by atoms with Crippen molar-refractivity contribution in [1.82, 2.24) is 25.1 Å². The molecule has 4 heterocycles. The van der Waals surface area contributed by atoms with Gasteiger partial charge in [-0.1, -0.05) is 44.6 Å². The predicted molar refractivity (Wildman–Crippen MR) is 215 cm³/mol. The number of nitrogens with one attached hydrogen (secondary N) is 1. The maximum absolute atomic E-state index is 14.8. The number of hydrogen-bond donors (Lipinski definition) is 1. The summed E-state index contributed by atoms with van der Waals surface area (Å²) in [5.74, 6) is 1.19. The molecule has 1 N–H and O–H groups in total. The van der Waals surface area contributed by atoms with Gasteiger partial charge in [0.25, 0.3) is 0 Å². The number of benzene rings is 2. The summed E-state index contributed by atoms with van der Waals surface area (Å²) < 4.78 is 23.2. The minimum atomic E-state index is -1.17. The third-order valence-electron chi connectivity index (χ3n) is 10.9. The summed E-state index contributed by atoms with van der Waals surface area (Å²) in [5, 5.41) is 6.66. The number of allylic oxidation sites excluding steroid dienone is 1. The highest BCUT2D eigenvalue weighted by Gasteiger charge is 2.62. The van der Waals surface area contributed by atoms with E-state index in [-0.39, 0.29) is 37.4 Å². The van der Waals surface area contributed by atoms with E-state index in [1.54, 1.807) is 26.0 Å². The summed E-state index contributed by atoms with van der Waals surface area (Å²) in [4.78, 5) is 55.9. The molecule has 2 aliphatic heterocycles. The molecule has 1 saturated heterocycles. The van der Waals surface area contributed by atoms with E-state index in [2.05, 4.69) is 25.2 Å². The van der Waals surface area contributed by atoms with Gasteiger partial charge in [-0.15, -0.1) is 11.3 Å². The average molecular weight is 782 g/mol. The van der Waals surface area contributed by atoms with Crippen molar-refractivity contribution in [3.63, 3.8) is 0 Å². The molecule has 2 fully saturated rings. The Bertz CT molecular complexity index is 2080. The third-order valence-corrected chi connectivity index (χ3v) is 11.8. The fourth-order valence-corrected chi connectivity index (χ4v) is 8.53. The minimum Gasteiger partial charge on any atom is -0.497 e. The number of aromatic nitrogens is 2. The van der Waals surface area contributed by atoms with Crippen molar-refractivity contribution in [2.24, 2.45) is 5.92 Å². The van der Waals surface area contributed by atoms with Crippen molar-refractivity contribution in [1.29, 1.82) is 0 Å². The first-order chi connectivity index (χ1) is 27.1. The SMILES string of the molecule is CCOC(=O)[C@@]12C[C@@H]1/C=C\CCCCCN(Cc1ccc(OC)cc1)C(=O)N1C[C@H](Oc3cc(-c4nc(C(C)C)cs4)nc4cc(OC)ccc34)C[C@H]1C(=O)N2. The van der Waals surface area contributed by atoms with Crippen LogP contribution in [0.4, 0.5) is 4.79 Å². The van der Waals surface area contributed by atoms with Crippen molar-refractivity contribution >= 4 is 40.1 Å². The Morgan fingerprint density at radius 3 is 2.54 bits per heavy atom. The molecule has 56 heavy (non-hydrogen) atoms. The quantitative estimate of drug-likeness (QED) is 0.128. The fourth-order valence-electron chi connectivity index (χ4n) is 7.59. The van der Waals surface area contributed by atoms with Gasteiger partial charge in [0.2, 0.25) is 5.91 Å². The number of methoxy groups -OCH3 is 2. The number of fused-ring (bicyclic) bond motifs is 3. The van der Waals surface area contributed by atoms with Gasteiger partial charge in [0.05, 0.1) is 38.6 Å². The Morgan fingerprint density at radius 2 is 1.80 bits per heavy atom. The highest BCUT2D eigenvalue weighted by Crippen LogP contribution is 2.46. The number of hydrogen-bond acceptors (Lipinski definition) is 10. The lowest BCUT2D eigenvalue weighted by Crippen LogP contribution is -2.55. The van der Waals surface area contributed by atoms with Crippen molar-refractivity contribution in [2.75, 3.05) is 33.9 Å². The number of ether oxygens (including phenoxy) is 4. The van der Waals surface area contributed by atoms with Crippen LogP contribution in [0.25, 0.3) is 21.6 Å². The smallest absolute Gasteiger partial charge is 0.332 e. The summed E-state index contributed by atoms with van der Waals surface area (Å²) in [6.07, 6.45) is 7.78. The second-order valence-corrected chi connectivity index (χ2v) is 15.9. The molecule has 3 amide bonds. The molecule has 4 atom stereocenters. The Labute approximate surface area is 332 Å². The first-order valence-electron chi connectivity index (χ1n) is 19.6. The molecule has 0 radical (unpaired) electrons. The van der Waals surface area contributed by atoms with E-state index in [0.29, 0.717) is 42.2 Å². The van der Waals surface area contributed by atoms with E-state index in [1.807, 2.05) is 64.9 Å². The first-order valence-corrected chi connectivity index (χ1v) is 20.5. The molecule has 0 unspecified atom stereocenters. The zero-order valence-electron chi connectivity index (χ0n) is 32.8. The van der Waals surface area contributed by atoms with Crippen LogP contribution >= 0.6 is 11.3 Å². The number of pyridine rings is 1. The van der Waals surface area contributed by atoms with Crippen LogP contribution in [-0.2, 0) is 20.9 Å². The second-order valence-electron chi connectivity index (χ2n) is 15.1. The molecule has 4 aromatic rings. The van der Waals surface area contributed by atoms with Gasteiger partial charge in [-0.25, -0.2) is 19.6 Å². The number of thiazole rings is 1. The summed E-state index contributed by atoms with van der Waals surface area (Å²) >= 11 is 1.53. The van der Waals surface area contributed by atoms with Crippen LogP contribution in [0.1, 0.15) is 76.5 Å². The number of carbonyl (C=O) groups excluding carboxylic acids is 3. The van der Waals surface area contributed by atoms with Crippen LogP contribution in [0.5, 0.6) is 17.2 Å². The first kappa shape index (κ1) is 39.1. The average Bonchev–Trinajstić information content (AvgIpc) is 3.48. The van der Waals surface area contributed by atoms with Gasteiger partial charge in [0, 0.05) is 48.3 Å². The van der Waals surface area contributed by atoms with Crippen molar-refractivity contribution in [3.8, 4) is 28.0 Å². The molecule has 1 aliphatic carbocycles. The molecule has 2 aromatic carbocycles. The van der Waals surface area contributed by atoms with Crippen LogP contribution in [-0.4, -0.2) is 89.3 Å². The standard InChI is InChI=1S/C43H51N5O7S/c1-6-54-41(50)43-23-29(43)12-10-8-7-9-11-19-47(24-28-13-15-30(52-4)16-14-28)42(51)48-25-32(21-37(48)39(49)46-43)55-38-22-35(40-45-36(26-56-40)27(2)3)44-34-20-31(53-5)17-18-33(34)38/h10,12-18,20,22,26-27,29,32,37H,6-9,11,19,21,23-25H2,1-5H3,(H,46,49)/b12-10-/t29-,32+,37-,43+/m0/s1. The number of carbonyl (C=O) groups is 3. The summed E-state index contributed by atoms with van der Waals surface area (Å²) in [5.41, 5.74) is 2.10. The lowest BCUT2D eigenvalue weighted by molar-refractivity contribution is -0.149. The normalized spacial score (nSPS) is 23.4. The van der Waals surface area contributed by atoms with Crippen LogP contribution in [0, 0.1) is 5.92 Å². The molecular weight excluding hydrogens is 731 g/mol. The lowest BCUT2D eigenvalue weighted by atomic mass is 10.1. The van der Waals surface area contributed by atoms with E-state index < -0.39 is 29.6 Å². The van der Waals surface area contributed by atoms with Crippen LogP contribution in [0.3, 0.4) is 0 Å². The highest BCUT2D eigenvalue weighted by atomic mass is 32.1. The zero-order chi connectivity index (χ0) is 39.4. The van der Waals surface area contributed by atoms with Gasteiger partial charge in [-0.3, -0.25) is 4.79 Å². The van der Waals surface area contributed by atoms with Crippen molar-refractivity contribution in [2.45, 2.75) is 89.4 Å². The molecule has 0 bridgehead atoms. The van der Waals surface area contributed by atoms with Gasteiger partial charge in [0.15, 0.2) is 0 Å². The fraction of sp³-hybridized carbons (Fsp3) is 0.465. The summed E-state index contributed by atoms with van der Waals surface area (Å²) in [6.45, 7) is 7.21. The summed E-state index contributed by atoms with van der Waals surface area (Å²) in [6, 6.07) is 14.1. The van der Waals surface area contributed by atoms with Gasteiger partial charge in [0.1, 0.15) is 45.6 Å². The van der Waals surface area contributed by atoms with Crippen LogP contribution in [0.2, 0.25) is 0 Å². The largest absolute Gasteiger partial charge is 0.497 e. The van der Waals surface area contributed by atoms with E-state index in [4.69, 9.17) is 28.9 Å².